The lowest BCUT2D eigenvalue weighted by Crippen LogP contribution is -1.96. The fourth-order valence-corrected chi connectivity index (χ4v) is 2.84. The number of rotatable bonds is 2. The summed E-state index contributed by atoms with van der Waals surface area (Å²) in [5.74, 6) is 0. The molecule has 1 nitrogen and oxygen atoms in total. The van der Waals surface area contributed by atoms with Crippen molar-refractivity contribution in [1.82, 2.24) is 4.57 Å². The smallest absolute Gasteiger partial charge is 0.0540 e. The lowest BCUT2D eigenvalue weighted by Gasteiger charge is -2.08. The summed E-state index contributed by atoms with van der Waals surface area (Å²) in [5.41, 5.74) is 6.39. The van der Waals surface area contributed by atoms with Crippen LogP contribution in [0.15, 0.2) is 54.6 Å². The highest BCUT2D eigenvalue weighted by Crippen LogP contribution is 2.30. The number of fused-ring (bicyclic) bond motifs is 1. The minimum atomic E-state index is 1.22. The molecule has 1 heterocycles. The molecular weight excluding hydrogens is 242 g/mol. The largest absolute Gasteiger partial charge is 0.313 e. The first-order valence-corrected chi connectivity index (χ1v) is 7.02. The van der Waals surface area contributed by atoms with Gasteiger partial charge < -0.3 is 4.57 Å². The minimum Gasteiger partial charge on any atom is -0.313 e. The Balaban J connectivity index is 2.42. The predicted molar refractivity (Wildman–Crippen MR) is 87.5 cm³/mol. The van der Waals surface area contributed by atoms with E-state index < -0.39 is 0 Å². The van der Waals surface area contributed by atoms with Gasteiger partial charge in [-0.15, -0.1) is 0 Å². The number of hydrogen-bond acceptors (Lipinski definition) is 0. The quantitative estimate of drug-likeness (QED) is 0.591. The number of para-hydroxylation sites is 1. The SMILES string of the molecule is C/C=C\c1c(C)n(-c2ccccc2)c2cc(C)ccc12. The van der Waals surface area contributed by atoms with Crippen molar-refractivity contribution >= 4 is 17.0 Å². The molecule has 0 spiro atoms. The molecule has 100 valence electrons. The van der Waals surface area contributed by atoms with Gasteiger partial charge in [-0.05, 0) is 44.5 Å². The summed E-state index contributed by atoms with van der Waals surface area (Å²) in [4.78, 5) is 0. The van der Waals surface area contributed by atoms with Crippen molar-refractivity contribution in [2.75, 3.05) is 0 Å². The van der Waals surface area contributed by atoms with Crippen LogP contribution in [-0.4, -0.2) is 4.57 Å². The molecule has 0 N–H and O–H groups in total. The summed E-state index contributed by atoms with van der Waals surface area (Å²) >= 11 is 0. The number of benzene rings is 2. The van der Waals surface area contributed by atoms with Gasteiger partial charge in [-0.2, -0.15) is 0 Å². The summed E-state index contributed by atoms with van der Waals surface area (Å²) in [5, 5.41) is 1.31. The second-order valence-corrected chi connectivity index (χ2v) is 5.19. The van der Waals surface area contributed by atoms with Crippen LogP contribution in [-0.2, 0) is 0 Å². The van der Waals surface area contributed by atoms with Crippen LogP contribution in [0.25, 0.3) is 22.7 Å². The van der Waals surface area contributed by atoms with Crippen LogP contribution in [0, 0.1) is 13.8 Å². The Kier molecular flexibility index (Phi) is 3.19. The molecule has 0 bridgehead atoms. The van der Waals surface area contributed by atoms with Gasteiger partial charge in [0.05, 0.1) is 5.52 Å². The van der Waals surface area contributed by atoms with E-state index in [9.17, 15) is 0 Å². The van der Waals surface area contributed by atoms with Crippen LogP contribution in [0.2, 0.25) is 0 Å². The molecule has 0 amide bonds. The average molecular weight is 261 g/mol. The molecule has 1 aromatic heterocycles. The third-order valence-electron chi connectivity index (χ3n) is 3.76. The molecule has 0 saturated heterocycles. The van der Waals surface area contributed by atoms with Gasteiger partial charge in [0.25, 0.3) is 0 Å². The number of allylic oxidation sites excluding steroid dienone is 1. The van der Waals surface area contributed by atoms with Crippen LogP contribution in [0.1, 0.15) is 23.7 Å². The lowest BCUT2D eigenvalue weighted by molar-refractivity contribution is 1.05. The fourth-order valence-electron chi connectivity index (χ4n) is 2.84. The molecule has 3 rings (SSSR count). The maximum atomic E-state index is 2.34. The van der Waals surface area contributed by atoms with E-state index in [0.717, 1.165) is 0 Å². The second kappa shape index (κ2) is 5.01. The van der Waals surface area contributed by atoms with E-state index in [0.29, 0.717) is 0 Å². The van der Waals surface area contributed by atoms with Crippen molar-refractivity contribution in [3.05, 3.63) is 71.4 Å². The average Bonchev–Trinajstić information content (AvgIpc) is 2.72. The summed E-state index contributed by atoms with van der Waals surface area (Å²) in [6, 6.07) is 17.2. The second-order valence-electron chi connectivity index (χ2n) is 5.19. The first-order valence-electron chi connectivity index (χ1n) is 7.02. The van der Waals surface area contributed by atoms with Gasteiger partial charge in [0.2, 0.25) is 0 Å². The van der Waals surface area contributed by atoms with E-state index in [2.05, 4.69) is 86.0 Å². The number of hydrogen-bond donors (Lipinski definition) is 0. The monoisotopic (exact) mass is 261 g/mol. The Morgan fingerprint density at radius 3 is 2.40 bits per heavy atom. The van der Waals surface area contributed by atoms with Gasteiger partial charge in [0.15, 0.2) is 0 Å². The molecule has 0 unspecified atom stereocenters. The maximum Gasteiger partial charge on any atom is 0.0540 e. The van der Waals surface area contributed by atoms with Gasteiger partial charge in [-0.3, -0.25) is 0 Å². The van der Waals surface area contributed by atoms with Gasteiger partial charge in [0.1, 0.15) is 0 Å². The Labute approximate surface area is 120 Å². The van der Waals surface area contributed by atoms with Gasteiger partial charge in [0, 0.05) is 22.3 Å². The van der Waals surface area contributed by atoms with Crippen molar-refractivity contribution < 1.29 is 0 Å². The molecule has 0 aliphatic rings. The Hall–Kier alpha value is -2.28. The summed E-state index contributed by atoms with van der Waals surface area (Å²) in [6.07, 6.45) is 4.31. The van der Waals surface area contributed by atoms with Crippen LogP contribution in [0.5, 0.6) is 0 Å². The van der Waals surface area contributed by atoms with Crippen molar-refractivity contribution in [3.63, 3.8) is 0 Å². The molecule has 3 aromatic rings. The summed E-state index contributed by atoms with van der Waals surface area (Å²) in [6.45, 7) is 6.41. The zero-order valence-electron chi connectivity index (χ0n) is 12.2. The van der Waals surface area contributed by atoms with Crippen molar-refractivity contribution in [2.45, 2.75) is 20.8 Å². The third kappa shape index (κ3) is 1.96. The van der Waals surface area contributed by atoms with E-state index >= 15 is 0 Å². The lowest BCUT2D eigenvalue weighted by atomic mass is 10.1. The first-order chi connectivity index (χ1) is 9.72. The Bertz CT molecular complexity index is 776. The summed E-state index contributed by atoms with van der Waals surface area (Å²) < 4.78 is 2.34. The summed E-state index contributed by atoms with van der Waals surface area (Å²) in [7, 11) is 0. The maximum absolute atomic E-state index is 2.34. The molecule has 0 fully saturated rings. The number of aromatic nitrogens is 1. The highest BCUT2D eigenvalue weighted by molar-refractivity contribution is 5.93. The molecule has 0 aliphatic heterocycles. The third-order valence-corrected chi connectivity index (χ3v) is 3.76. The molecule has 2 aromatic carbocycles. The number of nitrogens with zero attached hydrogens (tertiary/aromatic N) is 1. The molecule has 0 saturated carbocycles. The van der Waals surface area contributed by atoms with E-state index in [4.69, 9.17) is 0 Å². The van der Waals surface area contributed by atoms with E-state index in [1.54, 1.807) is 0 Å². The zero-order valence-corrected chi connectivity index (χ0v) is 12.2. The van der Waals surface area contributed by atoms with Crippen molar-refractivity contribution in [1.29, 1.82) is 0 Å². The molecule has 1 heteroatoms. The van der Waals surface area contributed by atoms with E-state index in [1.807, 2.05) is 0 Å². The molecule has 20 heavy (non-hydrogen) atoms. The van der Waals surface area contributed by atoms with Crippen LogP contribution in [0.4, 0.5) is 0 Å². The fraction of sp³-hybridized carbons (Fsp3) is 0.158. The highest BCUT2D eigenvalue weighted by atomic mass is 15.0. The first kappa shape index (κ1) is 12.7. The van der Waals surface area contributed by atoms with Crippen LogP contribution < -0.4 is 0 Å². The highest BCUT2D eigenvalue weighted by Gasteiger charge is 2.13. The Morgan fingerprint density at radius 2 is 1.70 bits per heavy atom. The Morgan fingerprint density at radius 1 is 0.950 bits per heavy atom. The van der Waals surface area contributed by atoms with Crippen LogP contribution in [0.3, 0.4) is 0 Å². The molecule has 0 atom stereocenters. The molecule has 0 radical (unpaired) electrons. The van der Waals surface area contributed by atoms with Gasteiger partial charge in [-0.1, -0.05) is 42.5 Å². The molecular formula is C19H19N. The van der Waals surface area contributed by atoms with Gasteiger partial charge in [-0.25, -0.2) is 0 Å². The van der Waals surface area contributed by atoms with Crippen molar-refractivity contribution in [3.8, 4) is 5.69 Å². The molecule has 0 aliphatic carbocycles. The van der Waals surface area contributed by atoms with Crippen LogP contribution >= 0.6 is 0 Å². The topological polar surface area (TPSA) is 4.93 Å². The predicted octanol–water partition coefficient (Wildman–Crippen LogP) is 5.28. The minimum absolute atomic E-state index is 1.22. The number of aryl methyl sites for hydroxylation is 1. The zero-order chi connectivity index (χ0) is 14.1. The van der Waals surface area contributed by atoms with E-state index in [-0.39, 0.29) is 0 Å². The van der Waals surface area contributed by atoms with E-state index in [1.165, 1.54) is 33.4 Å². The van der Waals surface area contributed by atoms with Gasteiger partial charge >= 0.3 is 0 Å². The standard InChI is InChI=1S/C19H19N/c1-4-8-17-15(3)20(16-9-6-5-7-10-16)19-13-14(2)11-12-18(17)19/h4-13H,1-3H3/b8-4-. The van der Waals surface area contributed by atoms with Crippen molar-refractivity contribution in [2.24, 2.45) is 0 Å². The normalized spacial score (nSPS) is 11.6.